The van der Waals surface area contributed by atoms with Gasteiger partial charge in [0, 0.05) is 37.6 Å². The first-order chi connectivity index (χ1) is 13.1. The van der Waals surface area contributed by atoms with Crippen LogP contribution in [-0.4, -0.2) is 55.9 Å². The van der Waals surface area contributed by atoms with Crippen LogP contribution >= 0.6 is 11.8 Å². The SMILES string of the molecule is CCSC1(CNC(=NC)NCC(CC)Oc2cccc(F)c2)CCOCC1. The van der Waals surface area contributed by atoms with Gasteiger partial charge in [0.25, 0.3) is 0 Å². The van der Waals surface area contributed by atoms with Gasteiger partial charge in [-0.1, -0.05) is 19.9 Å². The van der Waals surface area contributed by atoms with Crippen LogP contribution in [0.25, 0.3) is 0 Å². The molecule has 0 aliphatic carbocycles. The summed E-state index contributed by atoms with van der Waals surface area (Å²) in [7, 11) is 1.77. The van der Waals surface area contributed by atoms with E-state index in [4.69, 9.17) is 9.47 Å². The van der Waals surface area contributed by atoms with Crippen molar-refractivity contribution in [2.45, 2.75) is 44.0 Å². The lowest BCUT2D eigenvalue weighted by molar-refractivity contribution is 0.0782. The second kappa shape index (κ2) is 11.4. The lowest BCUT2D eigenvalue weighted by atomic mass is 9.99. The third-order valence-electron chi connectivity index (χ3n) is 4.71. The second-order valence-electron chi connectivity index (χ2n) is 6.64. The number of guanidine groups is 1. The van der Waals surface area contributed by atoms with Crippen LogP contribution < -0.4 is 15.4 Å². The van der Waals surface area contributed by atoms with E-state index in [-0.39, 0.29) is 16.7 Å². The van der Waals surface area contributed by atoms with Gasteiger partial charge in [0.05, 0.1) is 6.54 Å². The van der Waals surface area contributed by atoms with E-state index < -0.39 is 0 Å². The number of nitrogens with zero attached hydrogens (tertiary/aromatic N) is 1. The minimum atomic E-state index is -0.289. The summed E-state index contributed by atoms with van der Waals surface area (Å²) >= 11 is 2.00. The van der Waals surface area contributed by atoms with Gasteiger partial charge >= 0.3 is 0 Å². The van der Waals surface area contributed by atoms with E-state index in [1.54, 1.807) is 19.2 Å². The molecule has 1 aromatic carbocycles. The van der Waals surface area contributed by atoms with Crippen molar-refractivity contribution in [1.82, 2.24) is 10.6 Å². The summed E-state index contributed by atoms with van der Waals surface area (Å²) < 4.78 is 25.0. The van der Waals surface area contributed by atoms with E-state index >= 15 is 0 Å². The van der Waals surface area contributed by atoms with Crippen LogP contribution in [0.3, 0.4) is 0 Å². The van der Waals surface area contributed by atoms with Gasteiger partial charge in [0.15, 0.2) is 5.96 Å². The molecule has 1 heterocycles. The van der Waals surface area contributed by atoms with E-state index in [1.165, 1.54) is 12.1 Å². The summed E-state index contributed by atoms with van der Waals surface area (Å²) in [5, 5.41) is 6.80. The Kier molecular flexibility index (Phi) is 9.21. The summed E-state index contributed by atoms with van der Waals surface area (Å²) in [5.74, 6) is 2.11. The summed E-state index contributed by atoms with van der Waals surface area (Å²) in [6, 6.07) is 6.25. The number of thioether (sulfide) groups is 1. The Balaban J connectivity index is 1.84. The van der Waals surface area contributed by atoms with Crippen LogP contribution in [0.4, 0.5) is 4.39 Å². The molecule has 0 aromatic heterocycles. The third-order valence-corrected chi connectivity index (χ3v) is 6.16. The van der Waals surface area contributed by atoms with Crippen LogP contribution in [0.2, 0.25) is 0 Å². The van der Waals surface area contributed by atoms with Crippen LogP contribution in [-0.2, 0) is 4.74 Å². The first kappa shape index (κ1) is 21.8. The Labute approximate surface area is 166 Å². The van der Waals surface area contributed by atoms with Crippen molar-refractivity contribution in [1.29, 1.82) is 0 Å². The summed E-state index contributed by atoms with van der Waals surface area (Å²) in [5.41, 5.74) is 0. The van der Waals surface area contributed by atoms with Gasteiger partial charge in [-0.3, -0.25) is 4.99 Å². The van der Waals surface area contributed by atoms with E-state index in [2.05, 4.69) is 29.5 Å². The Bertz CT molecular complexity index is 589. The second-order valence-corrected chi connectivity index (χ2v) is 8.37. The molecule has 1 unspecified atom stereocenters. The van der Waals surface area contributed by atoms with Crippen LogP contribution in [0, 0.1) is 5.82 Å². The van der Waals surface area contributed by atoms with Crippen LogP contribution in [0.15, 0.2) is 29.3 Å². The van der Waals surface area contributed by atoms with Gasteiger partial charge in [-0.25, -0.2) is 4.39 Å². The van der Waals surface area contributed by atoms with Crippen molar-refractivity contribution >= 4 is 17.7 Å². The van der Waals surface area contributed by atoms with Gasteiger partial charge in [-0.05, 0) is 37.1 Å². The molecule has 1 aliphatic rings. The van der Waals surface area contributed by atoms with E-state index in [9.17, 15) is 4.39 Å². The standard InChI is InChI=1S/C20H32FN3O2S/c1-4-17(26-18-8-6-7-16(21)13-18)14-23-19(22-3)24-15-20(27-5-2)9-11-25-12-10-20/h6-8,13,17H,4-5,9-12,14-15H2,1-3H3,(H2,22,23,24). The fraction of sp³-hybridized carbons (Fsp3) is 0.650. The molecular formula is C20H32FN3O2S. The highest BCUT2D eigenvalue weighted by Crippen LogP contribution is 2.34. The van der Waals surface area contributed by atoms with Crippen LogP contribution in [0.5, 0.6) is 5.75 Å². The number of benzene rings is 1. The zero-order valence-corrected chi connectivity index (χ0v) is 17.4. The highest BCUT2D eigenvalue weighted by Gasteiger charge is 2.32. The molecule has 0 radical (unpaired) electrons. The first-order valence-electron chi connectivity index (χ1n) is 9.69. The molecule has 2 rings (SSSR count). The Morgan fingerprint density at radius 2 is 2.11 bits per heavy atom. The maximum absolute atomic E-state index is 13.3. The Morgan fingerprint density at radius 1 is 1.33 bits per heavy atom. The van der Waals surface area contributed by atoms with Crippen molar-refractivity contribution in [3.63, 3.8) is 0 Å². The largest absolute Gasteiger partial charge is 0.489 e. The zero-order chi connectivity index (χ0) is 19.5. The number of nitrogens with one attached hydrogen (secondary N) is 2. The number of aliphatic imine (C=N–C) groups is 1. The molecular weight excluding hydrogens is 365 g/mol. The molecule has 0 amide bonds. The number of hydrogen-bond acceptors (Lipinski definition) is 4. The monoisotopic (exact) mass is 397 g/mol. The highest BCUT2D eigenvalue weighted by molar-refractivity contribution is 8.00. The smallest absolute Gasteiger partial charge is 0.191 e. The van der Waals surface area contributed by atoms with Gasteiger partial charge in [-0.15, -0.1) is 0 Å². The third kappa shape index (κ3) is 7.22. The zero-order valence-electron chi connectivity index (χ0n) is 16.6. The van der Waals surface area contributed by atoms with Crippen molar-refractivity contribution in [3.05, 3.63) is 30.1 Å². The Hall–Kier alpha value is -1.47. The minimum Gasteiger partial charge on any atom is -0.489 e. The number of hydrogen-bond donors (Lipinski definition) is 2. The molecule has 1 saturated heterocycles. The van der Waals surface area contributed by atoms with Crippen molar-refractivity contribution in [3.8, 4) is 5.75 Å². The average Bonchev–Trinajstić information content (AvgIpc) is 2.68. The summed E-state index contributed by atoms with van der Waals surface area (Å²) in [6.45, 7) is 7.35. The predicted molar refractivity (Wildman–Crippen MR) is 111 cm³/mol. The summed E-state index contributed by atoms with van der Waals surface area (Å²) in [4.78, 5) is 4.33. The van der Waals surface area contributed by atoms with Gasteiger partial charge in [-0.2, -0.15) is 11.8 Å². The molecule has 7 heteroatoms. The lowest BCUT2D eigenvalue weighted by Gasteiger charge is -2.37. The van der Waals surface area contributed by atoms with Crippen molar-refractivity contribution in [2.75, 3.05) is 39.1 Å². The number of ether oxygens (including phenoxy) is 2. The van der Waals surface area contributed by atoms with Gasteiger partial charge < -0.3 is 20.1 Å². The maximum atomic E-state index is 13.3. The van der Waals surface area contributed by atoms with Gasteiger partial charge in [0.2, 0.25) is 0 Å². The first-order valence-corrected chi connectivity index (χ1v) is 10.7. The van der Waals surface area contributed by atoms with Crippen molar-refractivity contribution < 1.29 is 13.9 Å². The number of halogens is 1. The quantitative estimate of drug-likeness (QED) is 0.494. The van der Waals surface area contributed by atoms with E-state index in [1.807, 2.05) is 11.8 Å². The molecule has 1 aliphatic heterocycles. The van der Waals surface area contributed by atoms with Gasteiger partial charge in [0.1, 0.15) is 17.7 Å². The molecule has 0 bridgehead atoms. The van der Waals surface area contributed by atoms with Crippen molar-refractivity contribution in [2.24, 2.45) is 4.99 Å². The minimum absolute atomic E-state index is 0.0626. The lowest BCUT2D eigenvalue weighted by Crippen LogP contribution is -2.49. The summed E-state index contributed by atoms with van der Waals surface area (Å²) in [6.07, 6.45) is 2.85. The van der Waals surface area contributed by atoms with E-state index in [0.717, 1.165) is 50.7 Å². The molecule has 1 atom stereocenters. The topological polar surface area (TPSA) is 54.9 Å². The maximum Gasteiger partial charge on any atom is 0.191 e. The average molecular weight is 398 g/mol. The molecule has 0 spiro atoms. The molecule has 152 valence electrons. The highest BCUT2D eigenvalue weighted by atomic mass is 32.2. The normalized spacial score (nSPS) is 18.0. The Morgan fingerprint density at radius 3 is 2.74 bits per heavy atom. The molecule has 0 saturated carbocycles. The molecule has 2 N–H and O–H groups in total. The van der Waals surface area contributed by atoms with E-state index in [0.29, 0.717) is 12.3 Å². The number of rotatable bonds is 9. The predicted octanol–water partition coefficient (Wildman–Crippen LogP) is 3.45. The fourth-order valence-electron chi connectivity index (χ4n) is 3.10. The molecule has 1 aromatic rings. The fourth-order valence-corrected chi connectivity index (χ4v) is 4.34. The molecule has 27 heavy (non-hydrogen) atoms. The van der Waals surface area contributed by atoms with Crippen LogP contribution in [0.1, 0.15) is 33.1 Å². The molecule has 1 fully saturated rings. The molecule has 5 nitrogen and oxygen atoms in total.